The van der Waals surface area contributed by atoms with Crippen LogP contribution in [0.2, 0.25) is 0 Å². The van der Waals surface area contributed by atoms with Crippen molar-refractivity contribution in [2.45, 2.75) is 37.4 Å². The highest BCUT2D eigenvalue weighted by Crippen LogP contribution is 2.39. The van der Waals surface area contributed by atoms with Gasteiger partial charge in [-0.3, -0.25) is 9.48 Å². The van der Waals surface area contributed by atoms with Crippen molar-refractivity contribution in [3.05, 3.63) is 77.5 Å². The summed E-state index contributed by atoms with van der Waals surface area (Å²) < 4.78 is 50.1. The fourth-order valence-corrected chi connectivity index (χ4v) is 6.85. The number of rotatable bonds is 10. The van der Waals surface area contributed by atoms with E-state index in [0.717, 1.165) is 16.5 Å². The number of carboxylic acids is 1. The van der Waals surface area contributed by atoms with E-state index in [-0.39, 0.29) is 41.9 Å². The lowest BCUT2D eigenvalue weighted by atomic mass is 9.91. The van der Waals surface area contributed by atoms with Crippen LogP contribution in [0.3, 0.4) is 0 Å². The van der Waals surface area contributed by atoms with Gasteiger partial charge in [-0.15, -0.1) is 0 Å². The highest BCUT2D eigenvalue weighted by molar-refractivity contribution is 7.89. The van der Waals surface area contributed by atoms with Crippen molar-refractivity contribution in [1.29, 1.82) is 0 Å². The number of aliphatic carboxylic acids is 1. The number of aromatic nitrogens is 2. The molecule has 0 radical (unpaired) electrons. The van der Waals surface area contributed by atoms with Gasteiger partial charge in [0, 0.05) is 30.0 Å². The van der Waals surface area contributed by atoms with Crippen LogP contribution in [-0.4, -0.2) is 53.3 Å². The zero-order valence-corrected chi connectivity index (χ0v) is 21.2. The summed E-state index contributed by atoms with van der Waals surface area (Å²) in [5.41, 5.74) is 2.37. The molecule has 1 aliphatic heterocycles. The fraction of sp³-hybridized carbons (Fsp3) is 0.333. The van der Waals surface area contributed by atoms with E-state index >= 15 is 0 Å². The fourth-order valence-electron chi connectivity index (χ4n) is 5.15. The van der Waals surface area contributed by atoms with Crippen LogP contribution in [0.25, 0.3) is 10.9 Å². The van der Waals surface area contributed by atoms with Gasteiger partial charge < -0.3 is 9.84 Å². The first-order chi connectivity index (χ1) is 17.8. The zero-order valence-electron chi connectivity index (χ0n) is 20.4. The molecule has 0 unspecified atom stereocenters. The van der Waals surface area contributed by atoms with Crippen LogP contribution in [0.5, 0.6) is 5.75 Å². The first kappa shape index (κ1) is 25.2. The lowest BCUT2D eigenvalue weighted by Gasteiger charge is -2.21. The van der Waals surface area contributed by atoms with E-state index in [9.17, 15) is 22.7 Å². The molecule has 0 saturated carbocycles. The summed E-state index contributed by atoms with van der Waals surface area (Å²) >= 11 is 0. The Morgan fingerprint density at radius 3 is 2.68 bits per heavy atom. The van der Waals surface area contributed by atoms with Crippen LogP contribution in [0.1, 0.15) is 30.6 Å². The number of hydrogen-bond acceptors (Lipinski definition) is 5. The van der Waals surface area contributed by atoms with E-state index in [1.165, 1.54) is 16.4 Å². The molecule has 1 aliphatic carbocycles. The van der Waals surface area contributed by atoms with Gasteiger partial charge in [0.05, 0.1) is 35.2 Å². The second-order valence-electron chi connectivity index (χ2n) is 9.27. The second-order valence-corrected chi connectivity index (χ2v) is 11.2. The molecule has 0 bridgehead atoms. The second kappa shape index (κ2) is 10.1. The summed E-state index contributed by atoms with van der Waals surface area (Å²) in [5, 5.41) is 14.8. The van der Waals surface area contributed by atoms with Crippen molar-refractivity contribution in [2.24, 2.45) is 5.92 Å². The number of ether oxygens (including phenoxy) is 1. The smallest absolute Gasteiger partial charge is 0.309 e. The SMILES string of the molecule is CCOc1ccc(S(=O)(=O)N2C[C@@H](CC3=CC=C3)[C@@H](n3nc(CC(=O)O)c4ccccc43)C2)c(CF)c1. The van der Waals surface area contributed by atoms with Gasteiger partial charge in [-0.25, -0.2) is 12.8 Å². The van der Waals surface area contributed by atoms with Crippen molar-refractivity contribution >= 4 is 26.9 Å². The molecule has 2 heterocycles. The number of nitrogens with zero attached hydrogens (tertiary/aromatic N) is 3. The number of benzene rings is 2. The summed E-state index contributed by atoms with van der Waals surface area (Å²) in [4.78, 5) is 11.4. The first-order valence-electron chi connectivity index (χ1n) is 12.2. The molecule has 2 aliphatic rings. The van der Waals surface area contributed by atoms with Crippen LogP contribution in [0, 0.1) is 5.92 Å². The van der Waals surface area contributed by atoms with Crippen molar-refractivity contribution in [3.8, 4) is 5.75 Å². The van der Waals surface area contributed by atoms with Crippen LogP contribution in [0.4, 0.5) is 4.39 Å². The highest BCUT2D eigenvalue weighted by Gasteiger charge is 2.42. The number of halogens is 1. The van der Waals surface area contributed by atoms with E-state index < -0.39 is 22.7 Å². The van der Waals surface area contributed by atoms with Crippen LogP contribution in [-0.2, 0) is 27.9 Å². The minimum absolute atomic E-state index is 0.0591. The lowest BCUT2D eigenvalue weighted by molar-refractivity contribution is -0.136. The number of carbonyl (C=O) groups is 1. The Balaban J connectivity index is 1.53. The number of sulfonamides is 1. The summed E-state index contributed by atoms with van der Waals surface area (Å²) in [7, 11) is -4.01. The molecular weight excluding hydrogens is 497 g/mol. The molecule has 1 saturated heterocycles. The number of fused-ring (bicyclic) bond motifs is 1. The monoisotopic (exact) mass is 525 g/mol. The molecule has 1 N–H and O–H groups in total. The number of hydrogen-bond donors (Lipinski definition) is 1. The molecule has 194 valence electrons. The Morgan fingerprint density at radius 1 is 1.22 bits per heavy atom. The van der Waals surface area contributed by atoms with Gasteiger partial charge in [0.25, 0.3) is 0 Å². The molecule has 37 heavy (non-hydrogen) atoms. The third-order valence-electron chi connectivity index (χ3n) is 6.92. The molecule has 1 aromatic heterocycles. The molecule has 5 rings (SSSR count). The van der Waals surface area contributed by atoms with Gasteiger partial charge >= 0.3 is 5.97 Å². The van der Waals surface area contributed by atoms with Crippen molar-refractivity contribution in [2.75, 3.05) is 19.7 Å². The molecular formula is C27H28FN3O5S. The van der Waals surface area contributed by atoms with Crippen LogP contribution >= 0.6 is 0 Å². The summed E-state index contributed by atoms with van der Waals surface area (Å²) in [6.45, 7) is 1.63. The molecule has 0 spiro atoms. The summed E-state index contributed by atoms with van der Waals surface area (Å²) in [6, 6.07) is 11.5. The molecule has 10 heteroatoms. The Labute approximate surface area is 214 Å². The Morgan fingerprint density at radius 2 is 2.00 bits per heavy atom. The minimum Gasteiger partial charge on any atom is -0.494 e. The topological polar surface area (TPSA) is 102 Å². The minimum atomic E-state index is -4.01. The average molecular weight is 526 g/mol. The zero-order chi connectivity index (χ0) is 26.2. The van der Waals surface area contributed by atoms with E-state index in [0.29, 0.717) is 24.5 Å². The predicted octanol–water partition coefficient (Wildman–Crippen LogP) is 4.28. The standard InChI is InChI=1S/C27H28FN3O5S/c1-2-36-21-10-11-26(19(13-21)15-28)37(34,35)30-16-20(12-18-6-5-7-18)25(17-30)31-24-9-4-3-8-22(24)23(29-31)14-27(32)33/h3-11,13,20,25H,2,12,14-17H2,1H3,(H,32,33)/t20-,25+/m1/s1. The number of para-hydroxylation sites is 1. The normalized spacial score (nSPS) is 19.7. The maximum absolute atomic E-state index is 13.9. The van der Waals surface area contributed by atoms with Gasteiger partial charge in [0.1, 0.15) is 12.4 Å². The van der Waals surface area contributed by atoms with Crippen LogP contribution < -0.4 is 4.74 Å². The largest absolute Gasteiger partial charge is 0.494 e. The highest BCUT2D eigenvalue weighted by atomic mass is 32.2. The summed E-state index contributed by atoms with van der Waals surface area (Å²) in [6.07, 6.45) is 6.36. The molecule has 2 atom stereocenters. The van der Waals surface area contributed by atoms with Gasteiger partial charge in [-0.2, -0.15) is 9.40 Å². The van der Waals surface area contributed by atoms with Gasteiger partial charge in [0.2, 0.25) is 10.0 Å². The summed E-state index contributed by atoms with van der Waals surface area (Å²) in [5.74, 6) is -0.672. The van der Waals surface area contributed by atoms with Crippen molar-refractivity contribution in [3.63, 3.8) is 0 Å². The number of carboxylic acid groups (broad SMARTS) is 1. The van der Waals surface area contributed by atoms with Crippen molar-refractivity contribution < 1.29 is 27.4 Å². The van der Waals surface area contributed by atoms with E-state index in [1.807, 2.05) is 42.5 Å². The van der Waals surface area contributed by atoms with E-state index in [4.69, 9.17) is 4.74 Å². The van der Waals surface area contributed by atoms with Gasteiger partial charge in [0.15, 0.2) is 0 Å². The molecule has 0 amide bonds. The maximum Gasteiger partial charge on any atom is 0.309 e. The first-order valence-corrected chi connectivity index (χ1v) is 13.6. The van der Waals surface area contributed by atoms with Gasteiger partial charge in [-0.05, 0) is 43.2 Å². The Kier molecular flexibility index (Phi) is 6.87. The predicted molar refractivity (Wildman–Crippen MR) is 137 cm³/mol. The number of alkyl halides is 1. The molecule has 3 aromatic rings. The van der Waals surface area contributed by atoms with Crippen LogP contribution in [0.15, 0.2) is 71.2 Å². The Hall–Kier alpha value is -3.50. The third-order valence-corrected chi connectivity index (χ3v) is 8.85. The lowest BCUT2D eigenvalue weighted by Crippen LogP contribution is -2.30. The molecule has 1 fully saturated rings. The van der Waals surface area contributed by atoms with E-state index in [1.54, 1.807) is 17.7 Å². The quantitative estimate of drug-likeness (QED) is 0.424. The van der Waals surface area contributed by atoms with Crippen molar-refractivity contribution in [1.82, 2.24) is 14.1 Å². The third kappa shape index (κ3) is 4.78. The van der Waals surface area contributed by atoms with Gasteiger partial charge in [-0.1, -0.05) is 36.4 Å². The average Bonchev–Trinajstić information content (AvgIpc) is 3.43. The number of allylic oxidation sites excluding steroid dienone is 4. The Bertz CT molecular complexity index is 1510. The van der Waals surface area contributed by atoms with E-state index in [2.05, 4.69) is 5.10 Å². The molecule has 8 nitrogen and oxygen atoms in total. The maximum atomic E-state index is 13.9. The molecule has 2 aromatic carbocycles.